The molecule has 1 aromatic carbocycles. The summed E-state index contributed by atoms with van der Waals surface area (Å²) in [5, 5.41) is 7.58. The van der Waals surface area contributed by atoms with Crippen molar-refractivity contribution in [2.45, 2.75) is 25.8 Å². The molecule has 7 aromatic rings. The maximum atomic E-state index is 13.2. The molecule has 11 nitrogen and oxygen atoms in total. The van der Waals surface area contributed by atoms with Gasteiger partial charge >= 0.3 is 0 Å². The maximum Gasteiger partial charge on any atom is 0.253 e. The van der Waals surface area contributed by atoms with Gasteiger partial charge in [-0.15, -0.1) is 0 Å². The molecule has 1 atom stereocenters. The van der Waals surface area contributed by atoms with Crippen molar-refractivity contribution >= 4 is 28.5 Å². The van der Waals surface area contributed by atoms with E-state index in [0.717, 1.165) is 46.5 Å². The SMILES string of the molecule is Cc1cn2cc(C(=O)N[C@H]3CCc4cc(-n5c(-c6cccnc6N)nc6ccc(-n7cccn7)nc65)ccc43)ccc2n1. The molecule has 0 radical (unpaired) electrons. The van der Waals surface area contributed by atoms with Crippen LogP contribution in [-0.4, -0.2) is 44.6 Å². The molecule has 6 heterocycles. The summed E-state index contributed by atoms with van der Waals surface area (Å²) in [5.41, 5.74) is 13.9. The van der Waals surface area contributed by atoms with Gasteiger partial charge in [-0.3, -0.25) is 9.36 Å². The maximum absolute atomic E-state index is 13.2. The number of rotatable bonds is 5. The van der Waals surface area contributed by atoms with Gasteiger partial charge in [-0.05, 0) is 85.5 Å². The Morgan fingerprint density at radius 2 is 1.93 bits per heavy atom. The van der Waals surface area contributed by atoms with Crippen LogP contribution in [0, 0.1) is 6.92 Å². The number of nitrogens with two attached hydrogens (primary N) is 1. The van der Waals surface area contributed by atoms with Crippen LogP contribution < -0.4 is 11.1 Å². The molecule has 43 heavy (non-hydrogen) atoms. The highest BCUT2D eigenvalue weighted by atomic mass is 16.1. The van der Waals surface area contributed by atoms with E-state index >= 15 is 0 Å². The zero-order valence-corrected chi connectivity index (χ0v) is 23.2. The molecular formula is C32H26N10O. The molecule has 1 aliphatic rings. The van der Waals surface area contributed by atoms with Crippen LogP contribution >= 0.6 is 0 Å². The van der Waals surface area contributed by atoms with Crippen LogP contribution in [0.2, 0.25) is 0 Å². The minimum atomic E-state index is -0.111. The number of carbonyl (C=O) groups is 1. The summed E-state index contributed by atoms with van der Waals surface area (Å²) in [6, 6.07) is 19.3. The van der Waals surface area contributed by atoms with Crippen molar-refractivity contribution < 1.29 is 4.79 Å². The number of hydrogen-bond acceptors (Lipinski definition) is 7. The summed E-state index contributed by atoms with van der Waals surface area (Å²) >= 11 is 0. The Morgan fingerprint density at radius 1 is 1.00 bits per heavy atom. The largest absolute Gasteiger partial charge is 0.383 e. The zero-order chi connectivity index (χ0) is 29.1. The molecule has 0 saturated heterocycles. The minimum absolute atomic E-state index is 0.0886. The first kappa shape index (κ1) is 24.9. The molecule has 0 unspecified atom stereocenters. The normalized spacial score (nSPS) is 14.4. The smallest absolute Gasteiger partial charge is 0.253 e. The number of aryl methyl sites for hydroxylation is 2. The average Bonchev–Trinajstić information content (AvgIpc) is 3.82. The van der Waals surface area contributed by atoms with Crippen molar-refractivity contribution in [3.8, 4) is 22.9 Å². The molecule has 1 aliphatic carbocycles. The number of fused-ring (bicyclic) bond motifs is 3. The molecule has 0 bridgehead atoms. The van der Waals surface area contributed by atoms with Crippen LogP contribution in [0.3, 0.4) is 0 Å². The van der Waals surface area contributed by atoms with Gasteiger partial charge in [0.15, 0.2) is 17.3 Å². The lowest BCUT2D eigenvalue weighted by molar-refractivity contribution is 0.0936. The third kappa shape index (κ3) is 4.21. The van der Waals surface area contributed by atoms with Gasteiger partial charge in [0.05, 0.1) is 22.9 Å². The molecule has 0 spiro atoms. The summed E-state index contributed by atoms with van der Waals surface area (Å²) < 4.78 is 5.62. The Kier molecular flexibility index (Phi) is 5.58. The lowest BCUT2D eigenvalue weighted by Gasteiger charge is -2.16. The van der Waals surface area contributed by atoms with Crippen molar-refractivity contribution in [3.63, 3.8) is 0 Å². The predicted molar refractivity (Wildman–Crippen MR) is 162 cm³/mol. The Bertz CT molecular complexity index is 2180. The van der Waals surface area contributed by atoms with E-state index in [-0.39, 0.29) is 11.9 Å². The summed E-state index contributed by atoms with van der Waals surface area (Å²) in [7, 11) is 0. The molecule has 0 fully saturated rings. The number of aromatic nitrogens is 8. The van der Waals surface area contributed by atoms with Crippen molar-refractivity contribution in [1.82, 2.24) is 44.0 Å². The van der Waals surface area contributed by atoms with Crippen LogP contribution in [0.15, 0.2) is 91.6 Å². The van der Waals surface area contributed by atoms with E-state index in [4.69, 9.17) is 15.7 Å². The van der Waals surface area contributed by atoms with Crippen LogP contribution in [0.25, 0.3) is 39.7 Å². The predicted octanol–water partition coefficient (Wildman–Crippen LogP) is 4.62. The Balaban J connectivity index is 1.18. The van der Waals surface area contributed by atoms with E-state index < -0.39 is 0 Å². The monoisotopic (exact) mass is 566 g/mol. The first-order valence-electron chi connectivity index (χ1n) is 14.0. The highest BCUT2D eigenvalue weighted by molar-refractivity contribution is 5.94. The lowest BCUT2D eigenvalue weighted by Crippen LogP contribution is -2.27. The quantitative estimate of drug-likeness (QED) is 0.310. The van der Waals surface area contributed by atoms with Crippen LogP contribution in [0.5, 0.6) is 0 Å². The second-order valence-corrected chi connectivity index (χ2v) is 10.7. The second kappa shape index (κ2) is 9.62. The number of carbonyl (C=O) groups excluding carboxylic acids is 1. The third-order valence-electron chi connectivity index (χ3n) is 7.91. The number of anilines is 1. The zero-order valence-electron chi connectivity index (χ0n) is 23.2. The summed E-state index contributed by atoms with van der Waals surface area (Å²) in [6.45, 7) is 1.94. The highest BCUT2D eigenvalue weighted by Crippen LogP contribution is 2.36. The van der Waals surface area contributed by atoms with E-state index in [0.29, 0.717) is 28.7 Å². The molecule has 3 N–H and O–H groups in total. The average molecular weight is 567 g/mol. The van der Waals surface area contributed by atoms with E-state index in [1.165, 1.54) is 5.56 Å². The number of hydrogen-bond donors (Lipinski definition) is 2. The number of imidazole rings is 2. The third-order valence-corrected chi connectivity index (χ3v) is 7.91. The van der Waals surface area contributed by atoms with Crippen LogP contribution in [0.4, 0.5) is 5.82 Å². The van der Waals surface area contributed by atoms with Gasteiger partial charge in [-0.25, -0.2) is 24.6 Å². The fraction of sp³-hybridized carbons (Fsp3) is 0.125. The fourth-order valence-electron chi connectivity index (χ4n) is 5.90. The van der Waals surface area contributed by atoms with Gasteiger partial charge in [-0.2, -0.15) is 5.10 Å². The first-order chi connectivity index (χ1) is 21.0. The highest BCUT2D eigenvalue weighted by Gasteiger charge is 2.26. The Labute approximate surface area is 245 Å². The van der Waals surface area contributed by atoms with Crippen LogP contribution in [0.1, 0.15) is 39.6 Å². The van der Waals surface area contributed by atoms with Gasteiger partial charge < -0.3 is 15.5 Å². The molecular weight excluding hydrogens is 540 g/mol. The molecule has 0 aliphatic heterocycles. The van der Waals surface area contributed by atoms with Gasteiger partial charge in [0.25, 0.3) is 5.91 Å². The standard InChI is InChI=1S/C32H26N10O/c1-19-17-40-18-21(6-11-27(40)36-19)32(43)38-25-9-5-20-16-22(7-8-23(20)25)42-30(24-4-2-13-34-29(24)33)37-26-10-12-28(39-31(26)42)41-15-3-14-35-41/h2-4,6-8,10-18,25H,5,9H2,1H3,(H2,33,34)(H,38,43)/t25-/m0/s1. The number of nitrogen functional groups attached to an aromatic ring is 1. The van der Waals surface area contributed by atoms with Gasteiger partial charge in [-0.1, -0.05) is 6.07 Å². The van der Waals surface area contributed by atoms with E-state index in [1.807, 2.05) is 83.0 Å². The topological polar surface area (TPSA) is 134 Å². The summed E-state index contributed by atoms with van der Waals surface area (Å²) in [6.07, 6.45) is 10.6. The number of pyridine rings is 3. The van der Waals surface area contributed by atoms with Crippen molar-refractivity contribution in [2.75, 3.05) is 5.73 Å². The molecule has 210 valence electrons. The van der Waals surface area contributed by atoms with E-state index in [9.17, 15) is 4.79 Å². The van der Waals surface area contributed by atoms with Crippen LogP contribution in [-0.2, 0) is 6.42 Å². The number of nitrogens with zero attached hydrogens (tertiary/aromatic N) is 8. The Hall–Kier alpha value is -5.84. The molecule has 0 saturated carbocycles. The number of nitrogens with one attached hydrogen (secondary N) is 1. The van der Waals surface area contributed by atoms with Crippen molar-refractivity contribution in [3.05, 3.63) is 114 Å². The van der Waals surface area contributed by atoms with Gasteiger partial charge in [0, 0.05) is 36.7 Å². The molecule has 11 heteroatoms. The molecule has 1 amide bonds. The minimum Gasteiger partial charge on any atom is -0.383 e. The Morgan fingerprint density at radius 3 is 2.79 bits per heavy atom. The number of benzene rings is 1. The summed E-state index contributed by atoms with van der Waals surface area (Å²) in [4.78, 5) is 31.9. The first-order valence-corrected chi connectivity index (χ1v) is 14.0. The fourth-order valence-corrected chi connectivity index (χ4v) is 5.90. The van der Waals surface area contributed by atoms with Crippen molar-refractivity contribution in [2.24, 2.45) is 0 Å². The summed E-state index contributed by atoms with van der Waals surface area (Å²) in [5.74, 6) is 1.61. The lowest BCUT2D eigenvalue weighted by atomic mass is 10.1. The van der Waals surface area contributed by atoms with E-state index in [2.05, 4.69) is 32.5 Å². The van der Waals surface area contributed by atoms with Gasteiger partial charge in [0.1, 0.15) is 17.0 Å². The van der Waals surface area contributed by atoms with Gasteiger partial charge in [0.2, 0.25) is 0 Å². The molecule has 6 aromatic heterocycles. The van der Waals surface area contributed by atoms with Crippen molar-refractivity contribution in [1.29, 1.82) is 0 Å². The second-order valence-electron chi connectivity index (χ2n) is 10.7. The molecule has 8 rings (SSSR count). The van der Waals surface area contributed by atoms with E-state index in [1.54, 1.807) is 17.1 Å². The number of amides is 1.